The number of amides is 3. The Kier molecular flexibility index (Phi) is 27.6. The molecule has 0 bridgehead atoms. The summed E-state index contributed by atoms with van der Waals surface area (Å²) in [6, 6.07) is -1.32. The van der Waals surface area contributed by atoms with Crippen LogP contribution in [0.1, 0.15) is 38.5 Å². The molecule has 0 aromatic carbocycles. The Balaban J connectivity index is 0. The van der Waals surface area contributed by atoms with Crippen LogP contribution in [0.15, 0.2) is 0 Å². The maximum absolute atomic E-state index is 12.7. The van der Waals surface area contributed by atoms with Gasteiger partial charge in [0.05, 0.1) is 36.5 Å². The topological polar surface area (TPSA) is 275 Å². The first kappa shape index (κ1) is 47.6. The van der Waals surface area contributed by atoms with Crippen molar-refractivity contribution < 1.29 is 123 Å². The van der Waals surface area contributed by atoms with E-state index >= 15 is 0 Å². The third-order valence-corrected chi connectivity index (χ3v) is 7.06. The Hall–Kier alpha value is -1.55. The number of nitrogens with two attached hydrogens (primary N) is 1. The molecule has 0 aromatic rings. The molecule has 0 saturated carbocycles. The molecule has 1 aliphatic rings. The van der Waals surface area contributed by atoms with Crippen molar-refractivity contribution in [3.8, 4) is 0 Å². The van der Waals surface area contributed by atoms with Crippen LogP contribution in [0.2, 0.25) is 0 Å². The third-order valence-electron chi connectivity index (χ3n) is 7.06. The van der Waals surface area contributed by atoms with Gasteiger partial charge in [-0.15, -0.1) is 0 Å². The van der Waals surface area contributed by atoms with E-state index in [0.717, 1.165) is 0 Å². The van der Waals surface area contributed by atoms with E-state index in [0.29, 0.717) is 25.8 Å². The molecule has 0 aromatic heterocycles. The molecule has 0 unspecified atom stereocenters. The Morgan fingerprint density at radius 2 is 1.00 bits per heavy atom. The van der Waals surface area contributed by atoms with E-state index in [4.69, 9.17) is 5.73 Å². The molecule has 1 heterocycles. The number of primary amides is 1. The largest absolute Gasteiger partial charge is 3.00 e. The number of hydrogen-bond acceptors (Lipinski definition) is 15. The Bertz CT molecular complexity index is 996. The fourth-order valence-electron chi connectivity index (χ4n) is 4.63. The summed E-state index contributed by atoms with van der Waals surface area (Å²) in [5.41, 5.74) is 5.00. The molecule has 1 aliphatic heterocycles. The van der Waals surface area contributed by atoms with Crippen LogP contribution in [0.3, 0.4) is 0 Å². The second kappa shape index (κ2) is 27.3. The molecule has 0 aliphatic carbocycles. The molecular formula is C27H43GdN7NaO11. The molecule has 261 valence electrons. The van der Waals surface area contributed by atoms with Crippen molar-refractivity contribution in [3.05, 3.63) is 0 Å². The van der Waals surface area contributed by atoms with E-state index in [9.17, 15) is 54.0 Å². The zero-order valence-corrected chi connectivity index (χ0v) is 31.0. The Labute approximate surface area is 328 Å². The van der Waals surface area contributed by atoms with Gasteiger partial charge in [-0.1, -0.05) is 6.42 Å². The van der Waals surface area contributed by atoms with E-state index in [1.54, 1.807) is 14.7 Å². The van der Waals surface area contributed by atoms with Gasteiger partial charge in [0.1, 0.15) is 0 Å². The summed E-state index contributed by atoms with van der Waals surface area (Å²) >= 11 is 0. The molecule has 1 radical (unpaired) electrons. The zero-order chi connectivity index (χ0) is 33.8. The van der Waals surface area contributed by atoms with Crippen LogP contribution in [0.25, 0.3) is 0 Å². The molecule has 47 heavy (non-hydrogen) atoms. The van der Waals surface area contributed by atoms with Crippen LogP contribution in [-0.2, 0) is 33.6 Å². The first-order chi connectivity index (χ1) is 21.2. The Morgan fingerprint density at radius 1 is 0.596 bits per heavy atom. The van der Waals surface area contributed by atoms with Crippen molar-refractivity contribution in [3.63, 3.8) is 0 Å². The number of carbonyl (C=O) groups is 7. The number of aliphatic carboxylic acids is 4. The van der Waals surface area contributed by atoms with Crippen molar-refractivity contribution >= 4 is 41.6 Å². The normalized spacial score (nSPS) is 16.2. The van der Waals surface area contributed by atoms with Crippen LogP contribution in [-0.4, -0.2) is 152 Å². The minimum Gasteiger partial charge on any atom is -0.549 e. The van der Waals surface area contributed by atoms with E-state index in [1.807, 2.05) is 0 Å². The molecule has 4 N–H and O–H groups in total. The van der Waals surface area contributed by atoms with Gasteiger partial charge in [0.2, 0.25) is 17.7 Å². The van der Waals surface area contributed by atoms with Crippen molar-refractivity contribution in [1.82, 2.24) is 30.2 Å². The summed E-state index contributed by atoms with van der Waals surface area (Å²) in [5, 5.41) is 49.9. The van der Waals surface area contributed by atoms with Gasteiger partial charge >= 0.3 is 69.5 Å². The fraction of sp³-hybridized carbons (Fsp3) is 0.741. The molecule has 3 amide bonds. The second-order valence-corrected chi connectivity index (χ2v) is 10.8. The van der Waals surface area contributed by atoms with Gasteiger partial charge in [-0.05, 0) is 19.3 Å². The summed E-state index contributed by atoms with van der Waals surface area (Å²) in [6.45, 7) is 0.818. The molecule has 20 heteroatoms. The molecule has 18 nitrogen and oxygen atoms in total. The van der Waals surface area contributed by atoms with Gasteiger partial charge in [0.25, 0.3) is 0 Å². The average molecular weight is 822 g/mol. The van der Waals surface area contributed by atoms with Gasteiger partial charge in [-0.25, -0.2) is 0 Å². The number of carbonyl (C=O) groups excluding carboxylic acids is 7. The van der Waals surface area contributed by atoms with Crippen LogP contribution >= 0.6 is 0 Å². The number of carboxylic acid groups (broad SMARTS) is 4. The first-order valence-corrected chi connectivity index (χ1v) is 14.8. The quantitative estimate of drug-likeness (QED) is 0.0806. The predicted molar refractivity (Wildman–Crippen MR) is 148 cm³/mol. The summed E-state index contributed by atoms with van der Waals surface area (Å²) in [5.74, 6) is -6.97. The van der Waals surface area contributed by atoms with E-state index in [2.05, 4.69) is 10.6 Å². The molecule has 1 fully saturated rings. The number of unbranched alkanes of at least 4 members (excludes halogenated alkanes) is 2. The van der Waals surface area contributed by atoms with Crippen molar-refractivity contribution in [2.75, 3.05) is 85.1 Å². The van der Waals surface area contributed by atoms with E-state index in [1.165, 1.54) is 4.90 Å². The van der Waals surface area contributed by atoms with E-state index < -0.39 is 61.4 Å². The fourth-order valence-corrected chi connectivity index (χ4v) is 4.63. The number of hydrogen-bond donors (Lipinski definition) is 3. The number of carboxylic acids is 4. The smallest absolute Gasteiger partial charge is 0.549 e. The van der Waals surface area contributed by atoms with Gasteiger partial charge < -0.3 is 56.0 Å². The Morgan fingerprint density at radius 3 is 1.36 bits per heavy atom. The van der Waals surface area contributed by atoms with Gasteiger partial charge in [0.15, 0.2) is 0 Å². The SMILES string of the molecule is NC(=O)CC[C@H](NC(=O)CCCCCNC(=O)CN1CCN(CC(=O)[O-])CCN(CC(=O)[O-])CCN(CC(=O)[O-])CC1)C(=O)[O-].[Gd+3].[Na+]. The molecule has 1 rings (SSSR count). The van der Waals surface area contributed by atoms with Crippen molar-refractivity contribution in [2.24, 2.45) is 5.73 Å². The summed E-state index contributed by atoms with van der Waals surface area (Å²) in [6.07, 6.45) is 1.17. The van der Waals surface area contributed by atoms with Crippen molar-refractivity contribution in [1.29, 1.82) is 0 Å². The monoisotopic (exact) mass is 822 g/mol. The average Bonchev–Trinajstić information content (AvgIpc) is 2.93. The molecule has 1 atom stereocenters. The molecular weight excluding hydrogens is 779 g/mol. The van der Waals surface area contributed by atoms with Gasteiger partial charge in [-0.2, -0.15) is 0 Å². The van der Waals surface area contributed by atoms with Crippen LogP contribution < -0.4 is 66.4 Å². The number of nitrogens with zero attached hydrogens (tertiary/aromatic N) is 4. The van der Waals surface area contributed by atoms with Crippen LogP contribution in [0.5, 0.6) is 0 Å². The molecule has 1 saturated heterocycles. The van der Waals surface area contributed by atoms with Crippen molar-refractivity contribution in [2.45, 2.75) is 44.6 Å². The first-order valence-electron chi connectivity index (χ1n) is 14.8. The maximum Gasteiger partial charge on any atom is 3.00 e. The minimum atomic E-state index is -1.51. The summed E-state index contributed by atoms with van der Waals surface area (Å²) in [7, 11) is 0. The molecule has 0 spiro atoms. The van der Waals surface area contributed by atoms with Gasteiger partial charge in [-0.3, -0.25) is 34.0 Å². The van der Waals surface area contributed by atoms with Gasteiger partial charge in [0, 0.05) is 91.4 Å². The van der Waals surface area contributed by atoms with Crippen LogP contribution in [0, 0.1) is 39.9 Å². The minimum absolute atomic E-state index is 0. The third kappa shape index (κ3) is 25.1. The van der Waals surface area contributed by atoms with E-state index in [-0.39, 0.29) is 154 Å². The number of nitrogens with one attached hydrogen (secondary N) is 2. The predicted octanol–water partition coefficient (Wildman–Crippen LogP) is -11.4. The zero-order valence-electron chi connectivity index (χ0n) is 26.7. The standard InChI is InChI=1S/C27H47N7O11.Gd.Na/c28-21(35)6-5-20(27(44)45)30-22(36)4-2-1-3-7-29-23(37)16-31-8-10-32(17-24(38)39)12-14-34(19-26(42)43)15-13-33(11-9-31)18-25(40)41;;/h20H,1-19H2,(H2,28,35)(H,29,37)(H,30,36)(H,38,39)(H,40,41)(H,42,43)(H,44,45);;/q;+3;+1/p-4/t20-;;/m0../s1. The summed E-state index contributed by atoms with van der Waals surface area (Å²) < 4.78 is 0. The summed E-state index contributed by atoms with van der Waals surface area (Å²) in [4.78, 5) is 86.9. The second-order valence-electron chi connectivity index (χ2n) is 10.8. The maximum atomic E-state index is 12.7. The number of rotatable bonds is 19. The van der Waals surface area contributed by atoms with Crippen LogP contribution in [0.4, 0.5) is 0 Å².